The van der Waals surface area contributed by atoms with Crippen molar-refractivity contribution >= 4 is 23.9 Å². The molecule has 12 heteroatoms. The molecule has 0 saturated heterocycles. The number of unbranched alkanes of at least 4 members (excludes halogenated alkanes) is 15. The van der Waals surface area contributed by atoms with Gasteiger partial charge in [0.15, 0.2) is 11.5 Å². The summed E-state index contributed by atoms with van der Waals surface area (Å²) in [5.41, 5.74) is -0.605. The van der Waals surface area contributed by atoms with Crippen LogP contribution in [0.3, 0.4) is 0 Å². The Bertz CT molecular complexity index is 2060. The fourth-order valence-corrected chi connectivity index (χ4v) is 6.82. The molecular formula is C54H66O12. The minimum absolute atomic E-state index is 0.0781. The summed E-state index contributed by atoms with van der Waals surface area (Å²) < 4.78 is 33.1. The minimum Gasteiger partial charge on any atom is -0.494 e. The number of hydrogen-bond donors (Lipinski definition) is 0. The Kier molecular flexibility index (Phi) is 24.4. The predicted molar refractivity (Wildman–Crippen MR) is 254 cm³/mol. The van der Waals surface area contributed by atoms with Crippen molar-refractivity contribution < 1.29 is 47.6 Å². The summed E-state index contributed by atoms with van der Waals surface area (Å²) in [5.74, 6) is -1.70. The van der Waals surface area contributed by atoms with Crippen LogP contribution >= 0.6 is 0 Å². The first-order valence-electron chi connectivity index (χ1n) is 23.8. The van der Waals surface area contributed by atoms with Crippen molar-refractivity contribution in [3.63, 3.8) is 0 Å². The van der Waals surface area contributed by atoms with Gasteiger partial charge in [0, 0.05) is 12.8 Å². The third-order valence-electron chi connectivity index (χ3n) is 10.7. The van der Waals surface area contributed by atoms with Crippen molar-refractivity contribution in [1.82, 2.24) is 0 Å². The number of rotatable bonds is 31. The molecule has 66 heavy (non-hydrogen) atoms. The largest absolute Gasteiger partial charge is 0.494 e. The van der Waals surface area contributed by atoms with Gasteiger partial charge in [0.1, 0.15) is 23.0 Å². The van der Waals surface area contributed by atoms with E-state index >= 15 is 0 Å². The first kappa shape index (κ1) is 52.3. The van der Waals surface area contributed by atoms with Crippen LogP contribution in [-0.2, 0) is 9.59 Å². The van der Waals surface area contributed by atoms with E-state index in [9.17, 15) is 28.8 Å². The fourth-order valence-electron chi connectivity index (χ4n) is 6.82. The van der Waals surface area contributed by atoms with Gasteiger partial charge in [-0.15, -0.1) is 0 Å². The van der Waals surface area contributed by atoms with Crippen LogP contribution in [0.5, 0.6) is 34.5 Å². The second-order valence-electron chi connectivity index (χ2n) is 16.2. The number of esters is 4. The average Bonchev–Trinajstić information content (AvgIpc) is 3.60. The third-order valence-corrected chi connectivity index (χ3v) is 10.7. The van der Waals surface area contributed by atoms with Crippen molar-refractivity contribution in [2.24, 2.45) is 0 Å². The van der Waals surface area contributed by atoms with Gasteiger partial charge in [-0.3, -0.25) is 19.2 Å². The molecule has 0 heterocycles. The van der Waals surface area contributed by atoms with E-state index in [1.165, 1.54) is 113 Å². The van der Waals surface area contributed by atoms with Crippen molar-refractivity contribution in [3.8, 4) is 34.5 Å². The zero-order chi connectivity index (χ0) is 47.2. The molecule has 0 aromatic heterocycles. The van der Waals surface area contributed by atoms with Gasteiger partial charge in [0.25, 0.3) is 0 Å². The van der Waals surface area contributed by atoms with Gasteiger partial charge in [0.2, 0.25) is 10.9 Å². The van der Waals surface area contributed by atoms with Gasteiger partial charge in [-0.2, -0.15) is 0 Å². The second-order valence-corrected chi connectivity index (χ2v) is 16.2. The molecule has 4 aromatic carbocycles. The van der Waals surface area contributed by atoms with Crippen LogP contribution in [0.1, 0.15) is 163 Å². The standard InChI is InChI=1S/C54H66O12/c1-3-5-7-9-11-13-15-19-39-61-43-27-23-41(24-28-43)53(59)63-45-31-35-47(55)49(37-33-45)65-51(57)21-17-18-22-52(58)66-50-38-34-46(32-36-48(50)56)64-54(60)42-25-29-44(30-26-42)62-40-20-16-14-12-10-8-6-4-2/h23-38H,3-22,39-40H2,1-2H3. The molecule has 0 amide bonds. The van der Waals surface area contributed by atoms with Crippen molar-refractivity contribution in [1.29, 1.82) is 0 Å². The Labute approximate surface area is 388 Å². The summed E-state index contributed by atoms with van der Waals surface area (Å²) in [4.78, 5) is 76.0. The Morgan fingerprint density at radius 2 is 0.667 bits per heavy atom. The number of hydrogen-bond acceptors (Lipinski definition) is 12. The lowest BCUT2D eigenvalue weighted by atomic mass is 10.1. The van der Waals surface area contributed by atoms with E-state index in [1.54, 1.807) is 48.5 Å². The summed E-state index contributed by atoms with van der Waals surface area (Å²) in [5, 5.41) is 0. The molecule has 0 aliphatic heterocycles. The van der Waals surface area contributed by atoms with Gasteiger partial charge >= 0.3 is 23.9 Å². The van der Waals surface area contributed by atoms with Gasteiger partial charge in [-0.05, 0) is 123 Å². The maximum Gasteiger partial charge on any atom is 0.343 e. The smallest absolute Gasteiger partial charge is 0.343 e. The highest BCUT2D eigenvalue weighted by molar-refractivity contribution is 5.91. The Morgan fingerprint density at radius 1 is 0.348 bits per heavy atom. The lowest BCUT2D eigenvalue weighted by molar-refractivity contribution is -0.136. The molecule has 0 saturated carbocycles. The third kappa shape index (κ3) is 20.7. The average molecular weight is 907 g/mol. The molecule has 0 spiro atoms. The lowest BCUT2D eigenvalue weighted by Crippen LogP contribution is -2.14. The summed E-state index contributed by atoms with van der Waals surface area (Å²) in [6.07, 6.45) is 19.6. The molecule has 0 unspecified atom stereocenters. The maximum atomic E-state index is 12.8. The van der Waals surface area contributed by atoms with Crippen LogP contribution < -0.4 is 39.3 Å². The molecule has 4 aromatic rings. The van der Waals surface area contributed by atoms with E-state index < -0.39 is 34.7 Å². The lowest BCUT2D eigenvalue weighted by Gasteiger charge is -2.07. The Morgan fingerprint density at radius 3 is 1.03 bits per heavy atom. The Balaban J connectivity index is 1.12. The SMILES string of the molecule is CCCCCCCCCCOc1ccc(C(=O)Oc2ccc(OC(=O)CCCCC(=O)Oc3ccc(OC(=O)c4ccc(OCCCCCCCCCC)cc4)ccc3=O)c(=O)cc2)cc1. The number of ether oxygens (including phenoxy) is 6. The zero-order valence-corrected chi connectivity index (χ0v) is 38.7. The maximum absolute atomic E-state index is 12.8. The van der Waals surface area contributed by atoms with E-state index in [0.717, 1.165) is 37.8 Å². The number of carbonyl (C=O) groups is 4. The summed E-state index contributed by atoms with van der Waals surface area (Å²) >= 11 is 0. The van der Waals surface area contributed by atoms with Gasteiger partial charge in [0.05, 0.1) is 24.3 Å². The first-order chi connectivity index (χ1) is 32.1. The molecule has 4 rings (SSSR count). The number of carbonyl (C=O) groups excluding carboxylic acids is 4. The molecular weight excluding hydrogens is 841 g/mol. The van der Waals surface area contributed by atoms with Crippen LogP contribution in [0.4, 0.5) is 0 Å². The molecule has 0 radical (unpaired) electrons. The van der Waals surface area contributed by atoms with Crippen molar-refractivity contribution in [2.75, 3.05) is 13.2 Å². The molecule has 354 valence electrons. The van der Waals surface area contributed by atoms with Gasteiger partial charge in [-0.25, -0.2) is 9.59 Å². The topological polar surface area (TPSA) is 158 Å². The summed E-state index contributed by atoms with van der Waals surface area (Å²) in [7, 11) is 0. The summed E-state index contributed by atoms with van der Waals surface area (Å²) in [6, 6.07) is 23.4. The number of benzene rings is 2. The van der Waals surface area contributed by atoms with Gasteiger partial charge < -0.3 is 28.4 Å². The predicted octanol–water partition coefficient (Wildman–Crippen LogP) is 12.0. The molecule has 0 fully saturated rings. The second kappa shape index (κ2) is 30.8. The quantitative estimate of drug-likeness (QED) is 0.0348. The summed E-state index contributed by atoms with van der Waals surface area (Å²) in [6.45, 7) is 5.64. The van der Waals surface area contributed by atoms with Crippen molar-refractivity contribution in [2.45, 2.75) is 142 Å². The van der Waals surface area contributed by atoms with Gasteiger partial charge in [-0.1, -0.05) is 104 Å². The van der Waals surface area contributed by atoms with Crippen LogP contribution in [0.15, 0.2) is 107 Å². The highest BCUT2D eigenvalue weighted by Gasteiger charge is 2.14. The molecule has 0 atom stereocenters. The molecule has 12 nitrogen and oxygen atoms in total. The normalized spacial score (nSPS) is 10.8. The monoisotopic (exact) mass is 906 g/mol. The van der Waals surface area contributed by atoms with Crippen LogP contribution in [-0.4, -0.2) is 37.1 Å². The molecule has 0 N–H and O–H groups in total. The van der Waals surface area contributed by atoms with E-state index in [2.05, 4.69) is 13.8 Å². The van der Waals surface area contributed by atoms with Crippen LogP contribution in [0.25, 0.3) is 0 Å². The highest BCUT2D eigenvalue weighted by Crippen LogP contribution is 2.20. The highest BCUT2D eigenvalue weighted by atomic mass is 16.6. The molecule has 0 bridgehead atoms. The van der Waals surface area contributed by atoms with E-state index in [4.69, 9.17) is 28.4 Å². The zero-order valence-electron chi connectivity index (χ0n) is 38.7. The van der Waals surface area contributed by atoms with E-state index in [-0.39, 0.29) is 48.7 Å². The molecule has 0 aliphatic carbocycles. The van der Waals surface area contributed by atoms with E-state index in [0.29, 0.717) is 35.8 Å². The van der Waals surface area contributed by atoms with Crippen molar-refractivity contribution in [3.05, 3.63) is 129 Å². The first-order valence-corrected chi connectivity index (χ1v) is 23.8. The van der Waals surface area contributed by atoms with E-state index in [1.807, 2.05) is 0 Å². The van der Waals surface area contributed by atoms with Crippen LogP contribution in [0, 0.1) is 0 Å². The van der Waals surface area contributed by atoms with Crippen LogP contribution in [0.2, 0.25) is 0 Å². The molecule has 0 aliphatic rings. The minimum atomic E-state index is -0.702. The fraction of sp³-hybridized carbons (Fsp3) is 0.444. The Hall–Kier alpha value is -6.30.